The first-order valence-electron chi connectivity index (χ1n) is 4.67. The van der Waals surface area contributed by atoms with Crippen LogP contribution in [0.25, 0.3) is 11.1 Å². The van der Waals surface area contributed by atoms with Crippen molar-refractivity contribution in [2.45, 2.75) is 12.3 Å². The fourth-order valence-electron chi connectivity index (χ4n) is 1.44. The predicted octanol–water partition coefficient (Wildman–Crippen LogP) is 3.92. The van der Waals surface area contributed by atoms with E-state index in [4.69, 9.17) is 10.7 Å². The third-order valence-electron chi connectivity index (χ3n) is 2.24. The van der Waals surface area contributed by atoms with Crippen molar-refractivity contribution in [3.63, 3.8) is 0 Å². The van der Waals surface area contributed by atoms with Gasteiger partial charge in [-0.2, -0.15) is 0 Å². The molecule has 0 saturated carbocycles. The van der Waals surface area contributed by atoms with Gasteiger partial charge in [0.2, 0.25) is 0 Å². The van der Waals surface area contributed by atoms with E-state index in [1.165, 1.54) is 12.1 Å². The average molecular weight is 269 g/mol. The van der Waals surface area contributed by atoms with E-state index in [0.717, 1.165) is 11.1 Å². The van der Waals surface area contributed by atoms with Gasteiger partial charge in [0.1, 0.15) is 0 Å². The van der Waals surface area contributed by atoms with Gasteiger partial charge in [-0.05, 0) is 23.3 Å². The lowest BCUT2D eigenvalue weighted by atomic mass is 10.1. The van der Waals surface area contributed by atoms with E-state index >= 15 is 0 Å². The standard InChI is InChI=1S/C12H9ClO2S.CH4/c13-16(14,15)12-8-6-11(7-9-12)10-4-2-1-3-5-10;/h1-9H;1H4. The molecule has 2 aromatic carbocycles. The molecule has 0 spiro atoms. The van der Waals surface area contributed by atoms with Crippen molar-refractivity contribution in [2.24, 2.45) is 0 Å². The Bertz CT molecular complexity index is 575. The lowest BCUT2D eigenvalue weighted by Crippen LogP contribution is -1.89. The zero-order valence-electron chi connectivity index (χ0n) is 8.30. The van der Waals surface area contributed by atoms with E-state index in [1.54, 1.807) is 12.1 Å². The van der Waals surface area contributed by atoms with E-state index in [0.29, 0.717) is 0 Å². The van der Waals surface area contributed by atoms with Gasteiger partial charge in [-0.1, -0.05) is 49.9 Å². The van der Waals surface area contributed by atoms with Gasteiger partial charge in [0.25, 0.3) is 9.05 Å². The second kappa shape index (κ2) is 5.34. The van der Waals surface area contributed by atoms with Crippen LogP contribution in [-0.4, -0.2) is 8.42 Å². The summed E-state index contributed by atoms with van der Waals surface area (Å²) in [5.74, 6) is 0. The lowest BCUT2D eigenvalue weighted by molar-refractivity contribution is 0.609. The third-order valence-corrected chi connectivity index (χ3v) is 3.61. The molecule has 0 atom stereocenters. The van der Waals surface area contributed by atoms with Crippen LogP contribution in [0.3, 0.4) is 0 Å². The highest BCUT2D eigenvalue weighted by atomic mass is 35.7. The summed E-state index contributed by atoms with van der Waals surface area (Å²) in [6, 6.07) is 16.2. The van der Waals surface area contributed by atoms with E-state index in [1.807, 2.05) is 30.3 Å². The Hall–Kier alpha value is -1.32. The van der Waals surface area contributed by atoms with Crippen LogP contribution in [0.1, 0.15) is 7.43 Å². The van der Waals surface area contributed by atoms with Crippen LogP contribution >= 0.6 is 10.7 Å². The van der Waals surface area contributed by atoms with Crippen LogP contribution in [0, 0.1) is 0 Å². The van der Waals surface area contributed by atoms with Crippen LogP contribution in [0.5, 0.6) is 0 Å². The second-order valence-corrected chi connectivity index (χ2v) is 5.89. The molecule has 17 heavy (non-hydrogen) atoms. The minimum Gasteiger partial charge on any atom is -0.207 e. The molecule has 90 valence electrons. The number of halogens is 1. The molecule has 0 unspecified atom stereocenters. The normalized spacial score (nSPS) is 10.6. The Labute approximate surface area is 106 Å². The van der Waals surface area contributed by atoms with Crippen LogP contribution in [0.4, 0.5) is 0 Å². The molecule has 0 N–H and O–H groups in total. The molecular formula is C13H13ClO2S. The number of benzene rings is 2. The minimum absolute atomic E-state index is 0. The molecule has 4 heteroatoms. The predicted molar refractivity (Wildman–Crippen MR) is 71.6 cm³/mol. The quantitative estimate of drug-likeness (QED) is 0.774. The first kappa shape index (κ1) is 13.7. The largest absolute Gasteiger partial charge is 0.261 e. The summed E-state index contributed by atoms with van der Waals surface area (Å²) >= 11 is 0. The maximum atomic E-state index is 11.0. The summed E-state index contributed by atoms with van der Waals surface area (Å²) in [7, 11) is 1.60. The van der Waals surface area contributed by atoms with E-state index < -0.39 is 9.05 Å². The first-order chi connectivity index (χ1) is 7.57. The fourth-order valence-corrected chi connectivity index (χ4v) is 2.21. The van der Waals surface area contributed by atoms with Crippen molar-refractivity contribution in [2.75, 3.05) is 0 Å². The smallest absolute Gasteiger partial charge is 0.207 e. The molecule has 0 bridgehead atoms. The van der Waals surface area contributed by atoms with Crippen molar-refractivity contribution >= 4 is 19.7 Å². The molecule has 0 aromatic heterocycles. The summed E-state index contributed by atoms with van der Waals surface area (Å²) in [6.45, 7) is 0. The highest BCUT2D eigenvalue weighted by molar-refractivity contribution is 8.13. The van der Waals surface area contributed by atoms with Crippen molar-refractivity contribution in [1.82, 2.24) is 0 Å². The van der Waals surface area contributed by atoms with Crippen molar-refractivity contribution in [3.8, 4) is 11.1 Å². The van der Waals surface area contributed by atoms with Crippen LogP contribution in [0.15, 0.2) is 59.5 Å². The van der Waals surface area contributed by atoms with E-state index in [2.05, 4.69) is 0 Å². The monoisotopic (exact) mass is 268 g/mol. The third kappa shape index (κ3) is 3.32. The molecule has 0 radical (unpaired) electrons. The highest BCUT2D eigenvalue weighted by Crippen LogP contribution is 2.22. The molecule has 2 aromatic rings. The molecule has 0 heterocycles. The van der Waals surface area contributed by atoms with Gasteiger partial charge in [0, 0.05) is 10.7 Å². The van der Waals surface area contributed by atoms with Gasteiger partial charge in [0.05, 0.1) is 4.90 Å². The van der Waals surface area contributed by atoms with Crippen molar-refractivity contribution in [1.29, 1.82) is 0 Å². The lowest BCUT2D eigenvalue weighted by Gasteiger charge is -2.01. The van der Waals surface area contributed by atoms with Gasteiger partial charge in [-0.3, -0.25) is 0 Å². The Balaban J connectivity index is 0.00000144. The molecule has 0 aliphatic carbocycles. The second-order valence-electron chi connectivity index (χ2n) is 3.33. The molecule has 0 aliphatic heterocycles. The summed E-state index contributed by atoms with van der Waals surface area (Å²) in [5, 5.41) is 0. The van der Waals surface area contributed by atoms with E-state index in [-0.39, 0.29) is 12.3 Å². The fraction of sp³-hybridized carbons (Fsp3) is 0.0769. The van der Waals surface area contributed by atoms with Crippen LogP contribution < -0.4 is 0 Å². The van der Waals surface area contributed by atoms with Gasteiger partial charge in [-0.15, -0.1) is 0 Å². The number of hydrogen-bond acceptors (Lipinski definition) is 2. The number of rotatable bonds is 2. The molecule has 0 saturated heterocycles. The summed E-state index contributed by atoms with van der Waals surface area (Å²) in [5.41, 5.74) is 2.01. The first-order valence-corrected chi connectivity index (χ1v) is 6.98. The maximum Gasteiger partial charge on any atom is 0.261 e. The Morgan fingerprint density at radius 2 is 1.24 bits per heavy atom. The topological polar surface area (TPSA) is 34.1 Å². The van der Waals surface area contributed by atoms with Gasteiger partial charge in [0.15, 0.2) is 0 Å². The molecule has 2 nitrogen and oxygen atoms in total. The van der Waals surface area contributed by atoms with Crippen molar-refractivity contribution in [3.05, 3.63) is 54.6 Å². The Kier molecular flexibility index (Phi) is 4.32. The SMILES string of the molecule is C.O=S(=O)(Cl)c1ccc(-c2ccccc2)cc1. The zero-order valence-corrected chi connectivity index (χ0v) is 9.87. The summed E-state index contributed by atoms with van der Waals surface area (Å²) in [4.78, 5) is 0.119. The summed E-state index contributed by atoms with van der Waals surface area (Å²) in [6.07, 6.45) is 0. The maximum absolute atomic E-state index is 11.0. The van der Waals surface area contributed by atoms with Gasteiger partial charge < -0.3 is 0 Å². The van der Waals surface area contributed by atoms with Gasteiger partial charge in [-0.25, -0.2) is 8.42 Å². The van der Waals surface area contributed by atoms with Crippen molar-refractivity contribution < 1.29 is 8.42 Å². The van der Waals surface area contributed by atoms with Crippen LogP contribution in [0.2, 0.25) is 0 Å². The Morgan fingerprint density at radius 1 is 0.765 bits per heavy atom. The zero-order chi connectivity index (χ0) is 11.6. The molecule has 2 rings (SSSR count). The minimum atomic E-state index is -3.63. The molecular weight excluding hydrogens is 256 g/mol. The van der Waals surface area contributed by atoms with Crippen LogP contribution in [-0.2, 0) is 9.05 Å². The van der Waals surface area contributed by atoms with Gasteiger partial charge >= 0.3 is 0 Å². The Morgan fingerprint density at radius 3 is 1.71 bits per heavy atom. The molecule has 0 amide bonds. The van der Waals surface area contributed by atoms with E-state index in [9.17, 15) is 8.42 Å². The summed E-state index contributed by atoms with van der Waals surface area (Å²) < 4.78 is 22.1. The average Bonchev–Trinajstić information content (AvgIpc) is 2.29. The highest BCUT2D eigenvalue weighted by Gasteiger charge is 2.08. The number of hydrogen-bond donors (Lipinski definition) is 0. The molecule has 0 aliphatic rings. The molecule has 0 fully saturated rings.